The van der Waals surface area contributed by atoms with Crippen LogP contribution in [0.1, 0.15) is 33.7 Å². The van der Waals surface area contributed by atoms with Crippen LogP contribution in [0.5, 0.6) is 11.6 Å². The molecular weight excluding hydrogens is 474 g/mol. The predicted molar refractivity (Wildman–Crippen MR) is 127 cm³/mol. The highest BCUT2D eigenvalue weighted by Crippen LogP contribution is 2.31. The van der Waals surface area contributed by atoms with Gasteiger partial charge in [-0.2, -0.15) is 0 Å². The van der Waals surface area contributed by atoms with Crippen LogP contribution in [-0.4, -0.2) is 55.3 Å². The first-order chi connectivity index (χ1) is 17.4. The fraction of sp³-hybridized carbons (Fsp3) is 0.280. The molecule has 4 rings (SSSR count). The van der Waals surface area contributed by atoms with Gasteiger partial charge < -0.3 is 24.4 Å². The molecule has 1 N–H and O–H groups in total. The molecule has 0 unspecified atom stereocenters. The minimum Gasteiger partial charge on any atom is -0.487 e. The monoisotopic (exact) mass is 498 g/mol. The third-order valence-electron chi connectivity index (χ3n) is 5.70. The Bertz CT molecular complexity index is 1260. The van der Waals surface area contributed by atoms with E-state index in [4.69, 9.17) is 14.2 Å². The number of aromatic nitrogens is 2. The van der Waals surface area contributed by atoms with E-state index >= 15 is 0 Å². The average molecular weight is 498 g/mol. The number of carbonyl (C=O) groups is 2. The third-order valence-corrected chi connectivity index (χ3v) is 5.70. The maximum absolute atomic E-state index is 14.0. The van der Waals surface area contributed by atoms with Crippen molar-refractivity contribution < 1.29 is 32.6 Å². The molecule has 36 heavy (non-hydrogen) atoms. The first kappa shape index (κ1) is 24.8. The second-order valence-electron chi connectivity index (χ2n) is 7.97. The number of anilines is 2. The first-order valence-electron chi connectivity index (χ1n) is 11.1. The van der Waals surface area contributed by atoms with Crippen molar-refractivity contribution in [1.82, 2.24) is 9.97 Å². The van der Waals surface area contributed by atoms with Crippen LogP contribution in [0.2, 0.25) is 0 Å². The van der Waals surface area contributed by atoms with E-state index in [2.05, 4.69) is 15.3 Å². The Morgan fingerprint density at radius 2 is 1.86 bits per heavy atom. The van der Waals surface area contributed by atoms with E-state index in [1.807, 2.05) is 4.90 Å². The number of nitrogens with one attached hydrogen (secondary N) is 1. The van der Waals surface area contributed by atoms with Crippen LogP contribution in [0.4, 0.5) is 20.2 Å². The van der Waals surface area contributed by atoms with Crippen LogP contribution < -0.4 is 19.7 Å². The normalized spacial score (nSPS) is 13.7. The van der Waals surface area contributed by atoms with E-state index in [1.165, 1.54) is 32.7 Å². The van der Waals surface area contributed by atoms with Gasteiger partial charge in [0.1, 0.15) is 17.5 Å². The molecule has 0 saturated carbocycles. The molecule has 1 fully saturated rings. The minimum atomic E-state index is -0.759. The molecule has 11 heteroatoms. The van der Waals surface area contributed by atoms with Crippen molar-refractivity contribution in [3.63, 3.8) is 0 Å². The molecule has 1 amide bonds. The summed E-state index contributed by atoms with van der Waals surface area (Å²) in [6.07, 6.45) is 3.66. The zero-order valence-corrected chi connectivity index (χ0v) is 19.7. The van der Waals surface area contributed by atoms with Gasteiger partial charge in [0.05, 0.1) is 31.8 Å². The molecule has 3 aromatic rings. The van der Waals surface area contributed by atoms with Crippen molar-refractivity contribution in [1.29, 1.82) is 0 Å². The van der Waals surface area contributed by atoms with Crippen molar-refractivity contribution >= 4 is 23.3 Å². The summed E-state index contributed by atoms with van der Waals surface area (Å²) in [4.78, 5) is 35.2. The number of piperidine rings is 1. The van der Waals surface area contributed by atoms with E-state index in [1.54, 1.807) is 18.2 Å². The van der Waals surface area contributed by atoms with Gasteiger partial charge in [-0.25, -0.2) is 23.5 Å². The molecule has 0 spiro atoms. The largest absolute Gasteiger partial charge is 0.487 e. The quantitative estimate of drug-likeness (QED) is 0.490. The second kappa shape index (κ2) is 11.0. The van der Waals surface area contributed by atoms with E-state index < -0.39 is 23.5 Å². The molecule has 0 atom stereocenters. The number of rotatable bonds is 7. The molecule has 2 aromatic heterocycles. The standard InChI is InChI=1S/C25H24F2N4O5/c1-34-24-17(4-3-9-28-24)23(32)30-20-14-29-19(25(33)35-2)13-21(20)31-10-7-16(8-11-31)36-22-6-5-15(26)12-18(22)27/h3-6,9,12-14,16H,7-8,10-11H2,1-2H3,(H,30,32). The van der Waals surface area contributed by atoms with Crippen LogP contribution in [0.3, 0.4) is 0 Å². The molecule has 0 radical (unpaired) electrons. The lowest BCUT2D eigenvalue weighted by atomic mass is 10.1. The smallest absolute Gasteiger partial charge is 0.356 e. The molecule has 3 heterocycles. The summed E-state index contributed by atoms with van der Waals surface area (Å²) in [7, 11) is 2.67. The topological polar surface area (TPSA) is 103 Å². The number of benzene rings is 1. The number of nitrogens with zero attached hydrogens (tertiary/aromatic N) is 3. The lowest BCUT2D eigenvalue weighted by Crippen LogP contribution is -2.39. The lowest BCUT2D eigenvalue weighted by molar-refractivity contribution is 0.0594. The van der Waals surface area contributed by atoms with Gasteiger partial charge in [-0.3, -0.25) is 4.79 Å². The van der Waals surface area contributed by atoms with E-state index in [0.717, 1.165) is 12.1 Å². The summed E-state index contributed by atoms with van der Waals surface area (Å²) in [5.74, 6) is -2.35. The van der Waals surface area contributed by atoms with Gasteiger partial charge in [0, 0.05) is 38.2 Å². The molecule has 1 saturated heterocycles. The number of ether oxygens (including phenoxy) is 3. The zero-order valence-electron chi connectivity index (χ0n) is 19.7. The molecular formula is C25H24F2N4O5. The molecule has 1 aromatic carbocycles. The Balaban J connectivity index is 1.53. The molecule has 188 valence electrons. The molecule has 0 bridgehead atoms. The van der Waals surface area contributed by atoms with Gasteiger partial charge in [0.2, 0.25) is 5.88 Å². The summed E-state index contributed by atoms with van der Waals surface area (Å²) < 4.78 is 42.9. The number of pyridine rings is 2. The van der Waals surface area contributed by atoms with Crippen LogP contribution in [0.25, 0.3) is 0 Å². The van der Waals surface area contributed by atoms with Crippen LogP contribution in [0.15, 0.2) is 48.8 Å². The van der Waals surface area contributed by atoms with E-state index in [9.17, 15) is 18.4 Å². The van der Waals surface area contributed by atoms with Gasteiger partial charge in [-0.1, -0.05) is 0 Å². The molecule has 1 aliphatic heterocycles. The number of esters is 1. The van der Waals surface area contributed by atoms with E-state index in [0.29, 0.717) is 37.3 Å². The highest BCUT2D eigenvalue weighted by atomic mass is 19.1. The van der Waals surface area contributed by atoms with Gasteiger partial charge in [0.15, 0.2) is 17.3 Å². The third kappa shape index (κ3) is 5.51. The number of amides is 1. The van der Waals surface area contributed by atoms with Crippen molar-refractivity contribution in [2.45, 2.75) is 18.9 Å². The Labute approximate surface area is 206 Å². The van der Waals surface area contributed by atoms with Crippen LogP contribution >= 0.6 is 0 Å². The Morgan fingerprint density at radius 3 is 2.56 bits per heavy atom. The Kier molecular flexibility index (Phi) is 7.57. The average Bonchev–Trinajstić information content (AvgIpc) is 2.90. The number of halogens is 2. The predicted octanol–water partition coefficient (Wildman–Crippen LogP) is 3.85. The molecule has 1 aliphatic rings. The van der Waals surface area contributed by atoms with Crippen LogP contribution in [-0.2, 0) is 4.74 Å². The summed E-state index contributed by atoms with van der Waals surface area (Å²) >= 11 is 0. The summed E-state index contributed by atoms with van der Waals surface area (Å²) in [5, 5.41) is 2.82. The number of carbonyl (C=O) groups excluding carboxylic acids is 2. The zero-order chi connectivity index (χ0) is 25.7. The second-order valence-corrected chi connectivity index (χ2v) is 7.97. The Morgan fingerprint density at radius 1 is 1.08 bits per heavy atom. The van der Waals surface area contributed by atoms with Crippen molar-refractivity contribution in [2.24, 2.45) is 0 Å². The van der Waals surface area contributed by atoms with Gasteiger partial charge >= 0.3 is 5.97 Å². The number of hydrogen-bond donors (Lipinski definition) is 1. The fourth-order valence-electron chi connectivity index (χ4n) is 3.90. The highest BCUT2D eigenvalue weighted by molar-refractivity contribution is 6.07. The minimum absolute atomic E-state index is 0.00916. The van der Waals surface area contributed by atoms with Crippen LogP contribution in [0, 0.1) is 11.6 Å². The fourth-order valence-corrected chi connectivity index (χ4v) is 3.90. The lowest BCUT2D eigenvalue weighted by Gasteiger charge is -2.34. The van der Waals surface area contributed by atoms with Crippen molar-refractivity contribution in [2.75, 3.05) is 37.5 Å². The number of methoxy groups -OCH3 is 2. The first-order valence-corrected chi connectivity index (χ1v) is 11.1. The van der Waals surface area contributed by atoms with Gasteiger partial charge in [0.25, 0.3) is 5.91 Å². The van der Waals surface area contributed by atoms with Gasteiger partial charge in [-0.05, 0) is 30.3 Å². The maximum Gasteiger partial charge on any atom is 0.356 e. The summed E-state index contributed by atoms with van der Waals surface area (Å²) in [6.45, 7) is 0.967. The molecule has 0 aliphatic carbocycles. The van der Waals surface area contributed by atoms with E-state index in [-0.39, 0.29) is 29.0 Å². The summed E-state index contributed by atoms with van der Waals surface area (Å²) in [5.41, 5.74) is 1.25. The summed E-state index contributed by atoms with van der Waals surface area (Å²) in [6, 6.07) is 7.93. The van der Waals surface area contributed by atoms with Gasteiger partial charge in [-0.15, -0.1) is 0 Å². The SMILES string of the molecule is COC(=O)c1cc(N2CCC(Oc3ccc(F)cc3F)CC2)c(NC(=O)c2cccnc2OC)cn1. The number of hydrogen-bond acceptors (Lipinski definition) is 8. The van der Waals surface area contributed by atoms with Crippen molar-refractivity contribution in [3.8, 4) is 11.6 Å². The highest BCUT2D eigenvalue weighted by Gasteiger charge is 2.26. The molecule has 9 nitrogen and oxygen atoms in total. The van der Waals surface area contributed by atoms with Crippen molar-refractivity contribution in [3.05, 3.63) is 71.7 Å². The Hall–Kier alpha value is -4.28. The maximum atomic E-state index is 14.0.